The van der Waals surface area contributed by atoms with Gasteiger partial charge in [0.1, 0.15) is 17.3 Å². The van der Waals surface area contributed by atoms with Crippen LogP contribution < -0.4 is 5.32 Å². The highest BCUT2D eigenvalue weighted by Crippen LogP contribution is 2.22. The number of rotatable bonds is 6. The van der Waals surface area contributed by atoms with Gasteiger partial charge in [0.05, 0.1) is 6.54 Å². The van der Waals surface area contributed by atoms with E-state index >= 15 is 0 Å². The first kappa shape index (κ1) is 15.5. The molecule has 0 fully saturated rings. The Hall–Kier alpha value is -2.40. The third-order valence-electron chi connectivity index (χ3n) is 3.47. The fourth-order valence-corrected chi connectivity index (χ4v) is 2.91. The third-order valence-corrected chi connectivity index (χ3v) is 4.20. The van der Waals surface area contributed by atoms with Crippen molar-refractivity contribution in [1.82, 2.24) is 5.32 Å². The number of amides is 1. The number of halogens is 1. The molecule has 1 N–H and O–H groups in total. The molecule has 5 heteroatoms. The molecular formula is C18H16FNO2S. The molecule has 3 rings (SSSR count). The minimum Gasteiger partial charge on any atom is -0.459 e. The maximum Gasteiger partial charge on any atom is 0.220 e. The van der Waals surface area contributed by atoms with E-state index in [-0.39, 0.29) is 11.7 Å². The molecule has 1 aromatic carbocycles. The molecule has 0 bridgehead atoms. The van der Waals surface area contributed by atoms with Crippen LogP contribution in [0.2, 0.25) is 0 Å². The Morgan fingerprint density at radius 2 is 1.96 bits per heavy atom. The van der Waals surface area contributed by atoms with Gasteiger partial charge in [0.15, 0.2) is 0 Å². The number of benzene rings is 1. The van der Waals surface area contributed by atoms with E-state index in [2.05, 4.69) is 10.7 Å². The standard InChI is InChI=1S/C18H16FNO2S/c19-15-4-2-14(3-5-15)17-7-6-16(22-17)11-20-18(21)8-1-13-9-10-23-12-13/h2-7,9-10,12H,1,8,11H2,(H,20,21). The summed E-state index contributed by atoms with van der Waals surface area (Å²) in [7, 11) is 0. The van der Waals surface area contributed by atoms with Crippen molar-refractivity contribution < 1.29 is 13.6 Å². The molecule has 118 valence electrons. The highest BCUT2D eigenvalue weighted by atomic mass is 32.1. The van der Waals surface area contributed by atoms with Crippen LogP contribution in [-0.2, 0) is 17.8 Å². The maximum atomic E-state index is 12.9. The minimum absolute atomic E-state index is 0.00377. The summed E-state index contributed by atoms with van der Waals surface area (Å²) in [6, 6.07) is 11.8. The van der Waals surface area contributed by atoms with E-state index < -0.39 is 0 Å². The SMILES string of the molecule is O=C(CCc1ccsc1)NCc1ccc(-c2ccc(F)cc2)o1. The lowest BCUT2D eigenvalue weighted by molar-refractivity contribution is -0.121. The van der Waals surface area contributed by atoms with Crippen molar-refractivity contribution in [2.45, 2.75) is 19.4 Å². The largest absolute Gasteiger partial charge is 0.459 e. The zero-order chi connectivity index (χ0) is 16.1. The van der Waals surface area contributed by atoms with Crippen molar-refractivity contribution in [3.63, 3.8) is 0 Å². The smallest absolute Gasteiger partial charge is 0.220 e. The second-order valence-corrected chi connectivity index (χ2v) is 5.96. The number of hydrogen-bond acceptors (Lipinski definition) is 3. The van der Waals surface area contributed by atoms with Crippen LogP contribution in [0.1, 0.15) is 17.7 Å². The molecule has 0 saturated heterocycles. The number of furan rings is 1. The molecular weight excluding hydrogens is 313 g/mol. The Morgan fingerprint density at radius 1 is 1.13 bits per heavy atom. The summed E-state index contributed by atoms with van der Waals surface area (Å²) in [4.78, 5) is 11.8. The van der Waals surface area contributed by atoms with Crippen molar-refractivity contribution >= 4 is 17.2 Å². The van der Waals surface area contributed by atoms with Crippen LogP contribution in [0, 0.1) is 5.82 Å². The Kier molecular flexibility index (Phi) is 4.88. The molecule has 2 heterocycles. The van der Waals surface area contributed by atoms with E-state index in [1.165, 1.54) is 17.7 Å². The summed E-state index contributed by atoms with van der Waals surface area (Å²) in [6.45, 7) is 0.351. The van der Waals surface area contributed by atoms with E-state index in [0.717, 1.165) is 12.0 Å². The summed E-state index contributed by atoms with van der Waals surface area (Å²) in [5.41, 5.74) is 1.99. The number of carbonyl (C=O) groups excluding carboxylic acids is 1. The summed E-state index contributed by atoms with van der Waals surface area (Å²) in [5, 5.41) is 6.90. The molecule has 0 radical (unpaired) electrons. The van der Waals surface area contributed by atoms with Crippen molar-refractivity contribution in [3.8, 4) is 11.3 Å². The quantitative estimate of drug-likeness (QED) is 0.728. The lowest BCUT2D eigenvalue weighted by Gasteiger charge is -2.03. The summed E-state index contributed by atoms with van der Waals surface area (Å²) in [5.74, 6) is 1.05. The molecule has 3 nitrogen and oxygen atoms in total. The van der Waals surface area contributed by atoms with E-state index in [1.54, 1.807) is 23.5 Å². The Bertz CT molecular complexity index is 763. The van der Waals surface area contributed by atoms with Crippen LogP contribution in [0.5, 0.6) is 0 Å². The molecule has 1 amide bonds. The van der Waals surface area contributed by atoms with E-state index in [0.29, 0.717) is 24.5 Å². The predicted molar refractivity (Wildman–Crippen MR) is 88.6 cm³/mol. The molecule has 3 aromatic rings. The molecule has 23 heavy (non-hydrogen) atoms. The van der Waals surface area contributed by atoms with Gasteiger partial charge in [-0.2, -0.15) is 11.3 Å². The fraction of sp³-hybridized carbons (Fsp3) is 0.167. The minimum atomic E-state index is -0.279. The van der Waals surface area contributed by atoms with E-state index in [4.69, 9.17) is 4.42 Å². The van der Waals surface area contributed by atoms with Gasteiger partial charge in [0.25, 0.3) is 0 Å². The lowest BCUT2D eigenvalue weighted by Crippen LogP contribution is -2.22. The highest BCUT2D eigenvalue weighted by Gasteiger charge is 2.07. The molecule has 0 spiro atoms. The van der Waals surface area contributed by atoms with Gasteiger partial charge >= 0.3 is 0 Å². The molecule has 0 unspecified atom stereocenters. The van der Waals surface area contributed by atoms with E-state index in [9.17, 15) is 9.18 Å². The summed E-state index contributed by atoms with van der Waals surface area (Å²) >= 11 is 1.63. The first-order chi connectivity index (χ1) is 11.2. The van der Waals surface area contributed by atoms with Gasteiger partial charge < -0.3 is 9.73 Å². The first-order valence-electron chi connectivity index (χ1n) is 7.33. The number of carbonyl (C=O) groups is 1. The number of aryl methyl sites for hydroxylation is 1. The van der Waals surface area contributed by atoms with Crippen molar-refractivity contribution in [2.24, 2.45) is 0 Å². The number of nitrogens with one attached hydrogen (secondary N) is 1. The molecule has 0 aliphatic carbocycles. The monoisotopic (exact) mass is 329 g/mol. The van der Waals surface area contributed by atoms with Crippen molar-refractivity contribution in [1.29, 1.82) is 0 Å². The van der Waals surface area contributed by atoms with Crippen molar-refractivity contribution in [2.75, 3.05) is 0 Å². The Morgan fingerprint density at radius 3 is 2.70 bits per heavy atom. The summed E-state index contributed by atoms with van der Waals surface area (Å²) in [6.07, 6.45) is 1.20. The lowest BCUT2D eigenvalue weighted by atomic mass is 10.2. The predicted octanol–water partition coefficient (Wildman–Crippen LogP) is 4.40. The molecule has 0 aliphatic rings. The summed E-state index contributed by atoms with van der Waals surface area (Å²) < 4.78 is 18.6. The van der Waals surface area contributed by atoms with Crippen LogP contribution in [0.15, 0.2) is 57.6 Å². The van der Waals surface area contributed by atoms with Gasteiger partial charge in [-0.15, -0.1) is 0 Å². The highest BCUT2D eigenvalue weighted by molar-refractivity contribution is 7.07. The normalized spacial score (nSPS) is 10.7. The number of thiophene rings is 1. The van der Waals surface area contributed by atoms with Crippen molar-refractivity contribution in [3.05, 3.63) is 70.4 Å². The second kappa shape index (κ2) is 7.24. The zero-order valence-electron chi connectivity index (χ0n) is 12.4. The van der Waals surface area contributed by atoms with Crippen LogP contribution in [0.25, 0.3) is 11.3 Å². The number of hydrogen-bond donors (Lipinski definition) is 1. The van der Waals surface area contributed by atoms with Crippen LogP contribution in [-0.4, -0.2) is 5.91 Å². The molecule has 2 aromatic heterocycles. The average molecular weight is 329 g/mol. The average Bonchev–Trinajstić information content (AvgIpc) is 3.23. The van der Waals surface area contributed by atoms with Gasteiger partial charge in [0.2, 0.25) is 5.91 Å². The molecule has 0 saturated carbocycles. The molecule has 0 aliphatic heterocycles. The van der Waals surface area contributed by atoms with Gasteiger partial charge in [-0.1, -0.05) is 0 Å². The Labute approximate surface area is 137 Å². The zero-order valence-corrected chi connectivity index (χ0v) is 13.2. The maximum absolute atomic E-state index is 12.9. The van der Waals surface area contributed by atoms with Crippen LogP contribution in [0.3, 0.4) is 0 Å². The van der Waals surface area contributed by atoms with Gasteiger partial charge in [-0.25, -0.2) is 4.39 Å². The molecule has 0 atom stereocenters. The van der Waals surface area contributed by atoms with Gasteiger partial charge in [0, 0.05) is 12.0 Å². The topological polar surface area (TPSA) is 42.2 Å². The van der Waals surface area contributed by atoms with Gasteiger partial charge in [-0.05, 0) is 65.2 Å². The fourth-order valence-electron chi connectivity index (χ4n) is 2.21. The third kappa shape index (κ3) is 4.29. The first-order valence-corrected chi connectivity index (χ1v) is 8.27. The Balaban J connectivity index is 1.50. The van der Waals surface area contributed by atoms with Gasteiger partial charge in [-0.3, -0.25) is 4.79 Å². The van der Waals surface area contributed by atoms with E-state index in [1.807, 2.05) is 23.6 Å². The van der Waals surface area contributed by atoms with Crippen LogP contribution in [0.4, 0.5) is 4.39 Å². The second-order valence-electron chi connectivity index (χ2n) is 5.18. The van der Waals surface area contributed by atoms with Crippen LogP contribution >= 0.6 is 11.3 Å².